The highest BCUT2D eigenvalue weighted by molar-refractivity contribution is 7.90. The fourth-order valence-electron chi connectivity index (χ4n) is 2.03. The lowest BCUT2D eigenvalue weighted by Crippen LogP contribution is -2.17. The molecule has 0 amide bonds. The molecular formula is C14H24N2O2S. The Hall–Kier alpha value is -1.23. The van der Waals surface area contributed by atoms with Gasteiger partial charge >= 0.3 is 0 Å². The maximum atomic E-state index is 11.6. The molecule has 108 valence electrons. The van der Waals surface area contributed by atoms with Crippen LogP contribution in [-0.4, -0.2) is 20.7 Å². The minimum absolute atomic E-state index is 0.193. The van der Waals surface area contributed by atoms with Crippen LogP contribution >= 0.6 is 0 Å². The summed E-state index contributed by atoms with van der Waals surface area (Å²) in [7, 11) is -3.28. The summed E-state index contributed by atoms with van der Waals surface area (Å²) in [5.41, 5.74) is 6.94. The normalized spacial score (nSPS) is 13.2. The zero-order valence-corrected chi connectivity index (χ0v) is 12.8. The molecule has 0 aliphatic heterocycles. The van der Waals surface area contributed by atoms with E-state index in [-0.39, 0.29) is 10.9 Å². The second-order valence-electron chi connectivity index (χ2n) is 5.03. The minimum atomic E-state index is -3.28. The Labute approximate surface area is 116 Å². The lowest BCUT2D eigenvalue weighted by atomic mass is 10.1. The van der Waals surface area contributed by atoms with Gasteiger partial charge in [0.15, 0.2) is 9.84 Å². The van der Waals surface area contributed by atoms with Crippen LogP contribution in [0.5, 0.6) is 0 Å². The molecule has 1 atom stereocenters. The molecule has 4 nitrogen and oxygen atoms in total. The van der Waals surface area contributed by atoms with Crippen molar-refractivity contribution in [2.75, 3.05) is 17.3 Å². The number of anilines is 2. The molecule has 3 N–H and O–H groups in total. The van der Waals surface area contributed by atoms with Gasteiger partial charge < -0.3 is 11.1 Å². The van der Waals surface area contributed by atoms with Gasteiger partial charge in [0.05, 0.1) is 16.3 Å². The number of unbranched alkanes of at least 4 members (excludes halogenated alkanes) is 2. The largest absolute Gasteiger partial charge is 0.396 e. The van der Waals surface area contributed by atoms with Crippen LogP contribution in [0, 0.1) is 0 Å². The Bertz CT molecular complexity index is 512. The Morgan fingerprint density at radius 1 is 1.32 bits per heavy atom. The van der Waals surface area contributed by atoms with Crippen LogP contribution < -0.4 is 11.1 Å². The number of nitrogens with one attached hydrogen (secondary N) is 1. The van der Waals surface area contributed by atoms with E-state index in [0.29, 0.717) is 11.4 Å². The molecule has 0 heterocycles. The molecule has 1 unspecified atom stereocenters. The van der Waals surface area contributed by atoms with Crippen molar-refractivity contribution in [1.82, 2.24) is 0 Å². The maximum Gasteiger partial charge on any atom is 0.177 e. The van der Waals surface area contributed by atoms with E-state index in [1.807, 2.05) is 6.07 Å². The maximum absolute atomic E-state index is 11.6. The zero-order valence-electron chi connectivity index (χ0n) is 11.9. The van der Waals surface area contributed by atoms with Gasteiger partial charge in [0.2, 0.25) is 0 Å². The molecule has 0 saturated carbocycles. The second kappa shape index (κ2) is 6.80. The van der Waals surface area contributed by atoms with Crippen molar-refractivity contribution in [3.8, 4) is 0 Å². The fourth-order valence-corrected chi connectivity index (χ4v) is 2.87. The van der Waals surface area contributed by atoms with Gasteiger partial charge in [-0.25, -0.2) is 8.42 Å². The molecule has 0 bridgehead atoms. The number of hydrogen-bond donors (Lipinski definition) is 2. The van der Waals surface area contributed by atoms with Crippen LogP contribution in [0.3, 0.4) is 0 Å². The van der Waals surface area contributed by atoms with Crippen molar-refractivity contribution >= 4 is 21.2 Å². The van der Waals surface area contributed by atoms with E-state index in [0.717, 1.165) is 12.8 Å². The molecule has 0 radical (unpaired) electrons. The Balaban J connectivity index is 2.80. The smallest absolute Gasteiger partial charge is 0.177 e. The summed E-state index contributed by atoms with van der Waals surface area (Å²) in [6, 6.07) is 5.36. The minimum Gasteiger partial charge on any atom is -0.396 e. The molecule has 19 heavy (non-hydrogen) atoms. The number of nitrogen functional groups attached to an aromatic ring is 1. The van der Waals surface area contributed by atoms with Crippen LogP contribution in [0.25, 0.3) is 0 Å². The summed E-state index contributed by atoms with van der Waals surface area (Å²) in [5.74, 6) is 0. The van der Waals surface area contributed by atoms with E-state index in [1.54, 1.807) is 6.07 Å². The molecule has 0 aliphatic rings. The number of rotatable bonds is 7. The van der Waals surface area contributed by atoms with Gasteiger partial charge in [-0.2, -0.15) is 0 Å². The molecule has 0 aliphatic carbocycles. The SMILES string of the molecule is CCCCCC(C)Nc1cccc(S(C)(=O)=O)c1N. The predicted molar refractivity (Wildman–Crippen MR) is 81.2 cm³/mol. The molecule has 0 fully saturated rings. The van der Waals surface area contributed by atoms with Crippen molar-refractivity contribution in [1.29, 1.82) is 0 Å². The quantitative estimate of drug-likeness (QED) is 0.596. The highest BCUT2D eigenvalue weighted by Crippen LogP contribution is 2.27. The molecule has 5 heteroatoms. The van der Waals surface area contributed by atoms with Gasteiger partial charge in [-0.05, 0) is 25.5 Å². The summed E-state index contributed by atoms with van der Waals surface area (Å²) in [4.78, 5) is 0.193. The van der Waals surface area contributed by atoms with Crippen LogP contribution in [0.4, 0.5) is 11.4 Å². The zero-order chi connectivity index (χ0) is 14.5. The van der Waals surface area contributed by atoms with Crippen molar-refractivity contribution < 1.29 is 8.42 Å². The topological polar surface area (TPSA) is 72.2 Å². The number of hydrogen-bond acceptors (Lipinski definition) is 4. The van der Waals surface area contributed by atoms with Crippen LogP contribution in [0.1, 0.15) is 39.5 Å². The van der Waals surface area contributed by atoms with Gasteiger partial charge in [0.25, 0.3) is 0 Å². The molecule has 1 aromatic carbocycles. The average Bonchev–Trinajstić information content (AvgIpc) is 2.30. The first kappa shape index (κ1) is 15.8. The third-order valence-electron chi connectivity index (χ3n) is 3.11. The number of nitrogens with two attached hydrogens (primary N) is 1. The van der Waals surface area contributed by atoms with Gasteiger partial charge in [0, 0.05) is 12.3 Å². The van der Waals surface area contributed by atoms with E-state index >= 15 is 0 Å². The molecule has 0 saturated heterocycles. The highest BCUT2D eigenvalue weighted by Gasteiger charge is 2.14. The summed E-state index contributed by atoms with van der Waals surface area (Å²) in [6.07, 6.45) is 5.79. The Morgan fingerprint density at radius 2 is 2.00 bits per heavy atom. The summed E-state index contributed by atoms with van der Waals surface area (Å²) in [6.45, 7) is 4.26. The van der Waals surface area contributed by atoms with E-state index < -0.39 is 9.84 Å². The molecule has 1 aromatic rings. The van der Waals surface area contributed by atoms with Crippen LogP contribution in [-0.2, 0) is 9.84 Å². The van der Waals surface area contributed by atoms with E-state index in [4.69, 9.17) is 5.73 Å². The molecular weight excluding hydrogens is 260 g/mol. The third-order valence-corrected chi connectivity index (χ3v) is 4.26. The number of sulfone groups is 1. The van der Waals surface area contributed by atoms with E-state index in [9.17, 15) is 8.42 Å². The number of para-hydroxylation sites is 1. The summed E-state index contributed by atoms with van der Waals surface area (Å²) < 4.78 is 23.2. The number of benzene rings is 1. The average molecular weight is 284 g/mol. The molecule has 0 aromatic heterocycles. The van der Waals surface area contributed by atoms with Crippen molar-refractivity contribution in [3.05, 3.63) is 18.2 Å². The third kappa shape index (κ3) is 4.74. The van der Waals surface area contributed by atoms with Crippen molar-refractivity contribution in [2.45, 2.75) is 50.5 Å². The van der Waals surface area contributed by atoms with Gasteiger partial charge in [0.1, 0.15) is 0 Å². The van der Waals surface area contributed by atoms with Crippen LogP contribution in [0.15, 0.2) is 23.1 Å². The Morgan fingerprint density at radius 3 is 2.58 bits per heavy atom. The van der Waals surface area contributed by atoms with Gasteiger partial charge in [-0.1, -0.05) is 32.3 Å². The molecule has 0 spiro atoms. The summed E-state index contributed by atoms with van der Waals surface area (Å²) in [5, 5.41) is 3.29. The fraction of sp³-hybridized carbons (Fsp3) is 0.571. The van der Waals surface area contributed by atoms with E-state index in [1.165, 1.54) is 25.2 Å². The van der Waals surface area contributed by atoms with Crippen LogP contribution in [0.2, 0.25) is 0 Å². The van der Waals surface area contributed by atoms with E-state index in [2.05, 4.69) is 19.2 Å². The van der Waals surface area contributed by atoms with Gasteiger partial charge in [-0.15, -0.1) is 0 Å². The first-order chi connectivity index (χ1) is 8.86. The van der Waals surface area contributed by atoms with Crippen molar-refractivity contribution in [3.63, 3.8) is 0 Å². The predicted octanol–water partition coefficient (Wildman–Crippen LogP) is 3.05. The molecule has 1 rings (SSSR count). The standard InChI is InChI=1S/C14H24N2O2S/c1-4-5-6-8-11(2)16-12-9-7-10-13(14(12)15)19(3,17)18/h7,9-11,16H,4-6,8,15H2,1-3H3. The lowest BCUT2D eigenvalue weighted by Gasteiger charge is -2.18. The highest BCUT2D eigenvalue weighted by atomic mass is 32.2. The lowest BCUT2D eigenvalue weighted by molar-refractivity contribution is 0.602. The Kier molecular flexibility index (Phi) is 5.66. The monoisotopic (exact) mass is 284 g/mol. The first-order valence-corrected chi connectivity index (χ1v) is 8.60. The second-order valence-corrected chi connectivity index (χ2v) is 7.01. The van der Waals surface area contributed by atoms with Gasteiger partial charge in [-0.3, -0.25) is 0 Å². The van der Waals surface area contributed by atoms with Crippen molar-refractivity contribution in [2.24, 2.45) is 0 Å². The summed E-state index contributed by atoms with van der Waals surface area (Å²) >= 11 is 0. The first-order valence-electron chi connectivity index (χ1n) is 6.71.